The van der Waals surface area contributed by atoms with Gasteiger partial charge in [0, 0.05) is 0 Å². The molecule has 0 aliphatic rings. The molecule has 0 saturated carbocycles. The minimum Gasteiger partial charge on any atom is -0.376 e. The van der Waals surface area contributed by atoms with Crippen molar-refractivity contribution in [3.63, 3.8) is 0 Å². The second-order valence-electron chi connectivity index (χ2n) is 8.10. The molecule has 0 bridgehead atoms. The van der Waals surface area contributed by atoms with E-state index in [4.69, 9.17) is 4.55 Å². The third kappa shape index (κ3) is 5.85. The van der Waals surface area contributed by atoms with Crippen LogP contribution in [0.5, 0.6) is 5.75 Å². The van der Waals surface area contributed by atoms with Crippen LogP contribution in [0.1, 0.15) is 0 Å². The SMILES string of the molecule is CS(=O)(=O)O.O=S(=O)(Oc1cccc(-c2ccc3c4ccccc4c4ccccc4c3c2)c1)C(F)(F)F. The number of halogens is 3. The lowest BCUT2D eigenvalue weighted by Gasteiger charge is -2.13. The predicted octanol–water partition coefficient (Wildman–Crippen LogP) is 6.55. The Morgan fingerprint density at radius 3 is 1.54 bits per heavy atom. The summed E-state index contributed by atoms with van der Waals surface area (Å²) in [6.07, 6.45) is 0.715. The fraction of sp³-hybridized carbons (Fsp3) is 0.0769. The Kier molecular flexibility index (Phi) is 6.89. The molecule has 0 fully saturated rings. The summed E-state index contributed by atoms with van der Waals surface area (Å²) in [6, 6.07) is 27.5. The van der Waals surface area contributed by atoms with E-state index >= 15 is 0 Å². The molecular weight excluding hydrogens is 529 g/mol. The van der Waals surface area contributed by atoms with Gasteiger partial charge in [0.15, 0.2) is 0 Å². The first kappa shape index (κ1) is 26.4. The summed E-state index contributed by atoms with van der Waals surface area (Å²) in [5.74, 6) is -0.400. The third-order valence-electron chi connectivity index (χ3n) is 5.40. The van der Waals surface area contributed by atoms with Gasteiger partial charge in [0.05, 0.1) is 6.26 Å². The Labute approximate surface area is 210 Å². The molecule has 0 aliphatic heterocycles. The normalized spacial score (nSPS) is 12.4. The van der Waals surface area contributed by atoms with Crippen molar-refractivity contribution < 1.29 is 38.7 Å². The molecule has 0 saturated heterocycles. The summed E-state index contributed by atoms with van der Waals surface area (Å²) < 4.78 is 90.9. The molecule has 192 valence electrons. The van der Waals surface area contributed by atoms with Gasteiger partial charge in [-0.25, -0.2) is 0 Å². The Bertz CT molecular complexity index is 1800. The quantitative estimate of drug-likeness (QED) is 0.119. The van der Waals surface area contributed by atoms with Crippen molar-refractivity contribution >= 4 is 52.6 Å². The van der Waals surface area contributed by atoms with Crippen molar-refractivity contribution in [1.29, 1.82) is 0 Å². The first-order valence-electron chi connectivity index (χ1n) is 10.6. The number of hydrogen-bond acceptors (Lipinski definition) is 5. The molecule has 0 unspecified atom stereocenters. The molecule has 5 rings (SSSR count). The van der Waals surface area contributed by atoms with Crippen molar-refractivity contribution in [2.45, 2.75) is 5.51 Å². The number of alkyl halides is 3. The van der Waals surface area contributed by atoms with E-state index in [1.165, 1.54) is 18.2 Å². The van der Waals surface area contributed by atoms with Gasteiger partial charge in [-0.2, -0.15) is 30.0 Å². The standard InChI is InChI=1S/C25H15F3O3S.CH4O3S/c26-25(27,28)32(29,30)31-18-7-5-6-16(14-18)17-12-13-23-21-10-2-1-8-19(21)20-9-3-4-11-22(20)24(23)15-17;1-5(2,3)4/h1-15H;1H3,(H,2,3,4). The lowest BCUT2D eigenvalue weighted by molar-refractivity contribution is -0.0500. The average molecular weight is 549 g/mol. The highest BCUT2D eigenvalue weighted by molar-refractivity contribution is 7.88. The smallest absolute Gasteiger partial charge is 0.376 e. The molecule has 0 heterocycles. The topological polar surface area (TPSA) is 97.7 Å². The lowest BCUT2D eigenvalue weighted by Crippen LogP contribution is -2.28. The summed E-state index contributed by atoms with van der Waals surface area (Å²) in [4.78, 5) is 0. The maximum Gasteiger partial charge on any atom is 0.534 e. The van der Waals surface area contributed by atoms with Gasteiger partial charge in [0.25, 0.3) is 10.1 Å². The number of fused-ring (bicyclic) bond motifs is 6. The molecule has 0 radical (unpaired) electrons. The fourth-order valence-corrected chi connectivity index (χ4v) is 4.44. The van der Waals surface area contributed by atoms with Crippen LogP contribution in [0.4, 0.5) is 13.2 Å². The molecule has 5 aromatic rings. The van der Waals surface area contributed by atoms with Gasteiger partial charge in [-0.3, -0.25) is 4.55 Å². The van der Waals surface area contributed by atoms with Crippen LogP contribution in [0.25, 0.3) is 43.4 Å². The van der Waals surface area contributed by atoms with Crippen molar-refractivity contribution in [2.24, 2.45) is 0 Å². The first-order chi connectivity index (χ1) is 17.2. The fourth-order valence-electron chi connectivity index (χ4n) is 3.99. The van der Waals surface area contributed by atoms with Gasteiger partial charge in [0.1, 0.15) is 5.75 Å². The van der Waals surface area contributed by atoms with E-state index in [-0.39, 0.29) is 0 Å². The minimum atomic E-state index is -5.74. The van der Waals surface area contributed by atoms with Crippen LogP contribution in [-0.4, -0.2) is 33.2 Å². The van der Waals surface area contributed by atoms with Crippen molar-refractivity contribution in [1.82, 2.24) is 0 Å². The molecule has 6 nitrogen and oxygen atoms in total. The number of hydrogen-bond donors (Lipinski definition) is 1. The molecule has 0 aliphatic carbocycles. The molecule has 5 aromatic carbocycles. The zero-order chi connectivity index (χ0) is 27.0. The van der Waals surface area contributed by atoms with Crippen LogP contribution in [0, 0.1) is 0 Å². The van der Waals surface area contributed by atoms with Crippen molar-refractivity contribution in [3.8, 4) is 16.9 Å². The molecule has 11 heteroatoms. The van der Waals surface area contributed by atoms with Crippen LogP contribution >= 0.6 is 0 Å². The molecule has 0 atom stereocenters. The molecule has 0 spiro atoms. The first-order valence-corrected chi connectivity index (χ1v) is 13.9. The van der Waals surface area contributed by atoms with Gasteiger partial charge >= 0.3 is 15.6 Å². The van der Waals surface area contributed by atoms with Crippen LogP contribution in [0.15, 0.2) is 91.0 Å². The average Bonchev–Trinajstić information content (AvgIpc) is 2.82. The van der Waals surface area contributed by atoms with Gasteiger partial charge in [-0.15, -0.1) is 0 Å². The van der Waals surface area contributed by atoms with Crippen LogP contribution in [-0.2, 0) is 20.2 Å². The maximum atomic E-state index is 12.7. The van der Waals surface area contributed by atoms with E-state index < -0.39 is 31.5 Å². The Morgan fingerprint density at radius 2 is 1.05 bits per heavy atom. The van der Waals surface area contributed by atoms with Crippen molar-refractivity contribution in [3.05, 3.63) is 91.0 Å². The maximum absolute atomic E-state index is 12.7. The Morgan fingerprint density at radius 1 is 0.622 bits per heavy atom. The molecule has 0 amide bonds. The van der Waals surface area contributed by atoms with E-state index in [0.717, 1.165) is 37.9 Å². The lowest BCUT2D eigenvalue weighted by atomic mass is 9.92. The van der Waals surface area contributed by atoms with E-state index in [0.29, 0.717) is 11.8 Å². The monoisotopic (exact) mass is 548 g/mol. The van der Waals surface area contributed by atoms with E-state index in [1.807, 2.05) is 48.5 Å². The molecule has 37 heavy (non-hydrogen) atoms. The number of benzene rings is 5. The van der Waals surface area contributed by atoms with Crippen LogP contribution in [0.2, 0.25) is 0 Å². The molecule has 0 aromatic heterocycles. The van der Waals surface area contributed by atoms with E-state index in [9.17, 15) is 30.0 Å². The van der Waals surface area contributed by atoms with Crippen LogP contribution < -0.4 is 4.18 Å². The molecule has 1 N–H and O–H groups in total. The highest BCUT2D eigenvalue weighted by atomic mass is 32.2. The largest absolute Gasteiger partial charge is 0.534 e. The molecular formula is C26H19F3O6S2. The van der Waals surface area contributed by atoms with E-state index in [1.54, 1.807) is 6.07 Å². The summed E-state index contributed by atoms with van der Waals surface area (Å²) in [5, 5.41) is 6.43. The summed E-state index contributed by atoms with van der Waals surface area (Å²) in [7, 11) is -9.40. The van der Waals surface area contributed by atoms with Gasteiger partial charge < -0.3 is 4.18 Å². The summed E-state index contributed by atoms with van der Waals surface area (Å²) >= 11 is 0. The predicted molar refractivity (Wildman–Crippen MR) is 137 cm³/mol. The zero-order valence-corrected chi connectivity index (χ0v) is 20.7. The highest BCUT2D eigenvalue weighted by Crippen LogP contribution is 2.37. The van der Waals surface area contributed by atoms with Gasteiger partial charge in [0.2, 0.25) is 0 Å². The van der Waals surface area contributed by atoms with E-state index in [2.05, 4.69) is 22.4 Å². The van der Waals surface area contributed by atoms with Crippen LogP contribution in [0.3, 0.4) is 0 Å². The third-order valence-corrected chi connectivity index (χ3v) is 6.38. The summed E-state index contributed by atoms with van der Waals surface area (Å²) in [6.45, 7) is 0. The zero-order valence-electron chi connectivity index (χ0n) is 19.1. The van der Waals surface area contributed by atoms with Gasteiger partial charge in [-0.05, 0) is 61.6 Å². The second-order valence-corrected chi connectivity index (χ2v) is 11.1. The highest BCUT2D eigenvalue weighted by Gasteiger charge is 2.48. The van der Waals surface area contributed by atoms with Gasteiger partial charge in [-0.1, -0.05) is 72.8 Å². The summed E-state index contributed by atoms with van der Waals surface area (Å²) in [5.41, 5.74) is -4.22. The Balaban J connectivity index is 0.000000586. The van der Waals surface area contributed by atoms with Crippen molar-refractivity contribution in [2.75, 3.05) is 6.26 Å². The Hall–Kier alpha value is -3.67. The number of rotatable bonds is 3. The minimum absolute atomic E-state index is 0.400. The second kappa shape index (κ2) is 9.66.